The average Bonchev–Trinajstić information content (AvgIpc) is 3.05. The molecule has 154 valence electrons. The number of piperidine rings is 1. The van der Waals surface area contributed by atoms with E-state index in [-0.39, 0.29) is 31.5 Å². The molecule has 0 aliphatic carbocycles. The average molecular weight is 438 g/mol. The molecule has 27 heavy (non-hydrogen) atoms. The fourth-order valence-corrected chi connectivity index (χ4v) is 5.67. The lowest BCUT2D eigenvalue weighted by molar-refractivity contribution is 0.0956. The highest BCUT2D eigenvalue weighted by Crippen LogP contribution is 2.21. The lowest BCUT2D eigenvalue weighted by Crippen LogP contribution is -2.50. The summed E-state index contributed by atoms with van der Waals surface area (Å²) in [6.45, 7) is 5.64. The predicted molar refractivity (Wildman–Crippen MR) is 109 cm³/mol. The SMILES string of the molecule is CC(C)N1CCC(NS(=O)(=O)C(CCO)CNC(=O)c2ccc(Cl)s2)CC1. The number of halogens is 1. The Morgan fingerprint density at radius 2 is 2.04 bits per heavy atom. The van der Waals surface area contributed by atoms with Crippen LogP contribution in [0, 0.1) is 0 Å². The van der Waals surface area contributed by atoms with E-state index in [2.05, 4.69) is 28.8 Å². The smallest absolute Gasteiger partial charge is 0.261 e. The monoisotopic (exact) mass is 437 g/mol. The first-order valence-electron chi connectivity index (χ1n) is 9.12. The lowest BCUT2D eigenvalue weighted by atomic mass is 10.1. The van der Waals surface area contributed by atoms with E-state index in [9.17, 15) is 18.3 Å². The Bertz CT molecular complexity index is 716. The molecular formula is C17H28ClN3O4S2. The van der Waals surface area contributed by atoms with Gasteiger partial charge in [0.05, 0.1) is 14.5 Å². The number of likely N-dealkylation sites (tertiary alicyclic amines) is 1. The van der Waals surface area contributed by atoms with Gasteiger partial charge in [-0.3, -0.25) is 4.79 Å². The first-order valence-corrected chi connectivity index (χ1v) is 11.9. The second kappa shape index (κ2) is 10.2. The second-order valence-electron chi connectivity index (χ2n) is 7.01. The molecule has 0 saturated carbocycles. The van der Waals surface area contributed by atoms with Crippen molar-refractivity contribution in [3.8, 4) is 0 Å². The van der Waals surface area contributed by atoms with Gasteiger partial charge < -0.3 is 15.3 Å². The van der Waals surface area contributed by atoms with Gasteiger partial charge in [0.1, 0.15) is 0 Å². The van der Waals surface area contributed by atoms with Gasteiger partial charge in [-0.25, -0.2) is 13.1 Å². The minimum Gasteiger partial charge on any atom is -0.396 e. The predicted octanol–water partition coefficient (Wildman–Crippen LogP) is 1.67. The fourth-order valence-electron chi connectivity index (χ4n) is 3.10. The minimum atomic E-state index is -3.66. The first-order chi connectivity index (χ1) is 12.7. The van der Waals surface area contributed by atoms with Gasteiger partial charge in [-0.15, -0.1) is 11.3 Å². The molecule has 1 aromatic heterocycles. The molecule has 3 N–H and O–H groups in total. The van der Waals surface area contributed by atoms with Crippen LogP contribution < -0.4 is 10.0 Å². The quantitative estimate of drug-likeness (QED) is 0.545. The third-order valence-corrected chi connectivity index (χ3v) is 7.94. The van der Waals surface area contributed by atoms with Gasteiger partial charge in [0.15, 0.2) is 0 Å². The molecular weight excluding hydrogens is 410 g/mol. The number of nitrogens with zero attached hydrogens (tertiary/aromatic N) is 1. The molecule has 0 aromatic carbocycles. The number of amides is 1. The molecule has 7 nitrogen and oxygen atoms in total. The summed E-state index contributed by atoms with van der Waals surface area (Å²) in [6, 6.07) is 3.55. The zero-order chi connectivity index (χ0) is 20.0. The van der Waals surface area contributed by atoms with Gasteiger partial charge in [-0.2, -0.15) is 0 Å². The molecule has 0 spiro atoms. The van der Waals surface area contributed by atoms with E-state index in [0.717, 1.165) is 37.3 Å². The Balaban J connectivity index is 1.92. The maximum atomic E-state index is 12.8. The topological polar surface area (TPSA) is 98.7 Å². The Kier molecular flexibility index (Phi) is 8.51. The third kappa shape index (κ3) is 6.69. The van der Waals surface area contributed by atoms with Crippen molar-refractivity contribution in [2.45, 2.75) is 50.4 Å². The zero-order valence-corrected chi connectivity index (χ0v) is 18.0. The van der Waals surface area contributed by atoms with Crippen molar-refractivity contribution in [1.29, 1.82) is 0 Å². The molecule has 10 heteroatoms. The number of aliphatic hydroxyl groups excluding tert-OH is 1. The number of carbonyl (C=O) groups is 1. The fraction of sp³-hybridized carbons (Fsp3) is 0.706. The summed E-state index contributed by atoms with van der Waals surface area (Å²) < 4.78 is 28.8. The van der Waals surface area contributed by atoms with Crippen LogP contribution in [-0.2, 0) is 10.0 Å². The van der Waals surface area contributed by atoms with Gasteiger partial charge in [-0.1, -0.05) is 11.6 Å². The highest BCUT2D eigenvalue weighted by Gasteiger charge is 2.30. The van der Waals surface area contributed by atoms with Gasteiger partial charge in [0.25, 0.3) is 5.91 Å². The summed E-state index contributed by atoms with van der Waals surface area (Å²) in [5, 5.41) is 11.0. The van der Waals surface area contributed by atoms with Crippen molar-refractivity contribution >= 4 is 38.9 Å². The first kappa shape index (κ1) is 22.6. The molecule has 1 aliphatic rings. The van der Waals surface area contributed by atoms with Gasteiger partial charge in [0, 0.05) is 25.2 Å². The number of carbonyl (C=O) groups excluding carboxylic acids is 1. The Hall–Kier alpha value is -0.710. The normalized spacial score (nSPS) is 18.0. The van der Waals surface area contributed by atoms with Crippen molar-refractivity contribution < 1.29 is 18.3 Å². The standard InChI is InChI=1S/C17H28ClN3O4S2/c1-12(2)21-8-5-13(6-9-21)20-27(24,25)14(7-10-22)11-19-17(23)15-3-4-16(18)26-15/h3-4,12-14,20,22H,5-11H2,1-2H3,(H,19,23). The summed E-state index contributed by atoms with van der Waals surface area (Å²) in [6.07, 6.45) is 1.57. The maximum Gasteiger partial charge on any atom is 0.261 e. The molecule has 1 atom stereocenters. The van der Waals surface area contributed by atoms with E-state index < -0.39 is 15.3 Å². The van der Waals surface area contributed by atoms with E-state index in [1.165, 1.54) is 0 Å². The van der Waals surface area contributed by atoms with Crippen LogP contribution in [-0.4, -0.2) is 67.9 Å². The van der Waals surface area contributed by atoms with Crippen molar-refractivity contribution in [2.24, 2.45) is 0 Å². The van der Waals surface area contributed by atoms with Crippen LogP contribution in [0.2, 0.25) is 4.34 Å². The summed E-state index contributed by atoms with van der Waals surface area (Å²) in [5.74, 6) is -0.365. The number of sulfonamides is 1. The van der Waals surface area contributed by atoms with E-state index in [4.69, 9.17) is 11.6 Å². The van der Waals surface area contributed by atoms with E-state index in [1.54, 1.807) is 12.1 Å². The summed E-state index contributed by atoms with van der Waals surface area (Å²) in [5.41, 5.74) is 0. The van der Waals surface area contributed by atoms with Crippen LogP contribution in [0.25, 0.3) is 0 Å². The van der Waals surface area contributed by atoms with E-state index in [0.29, 0.717) is 15.3 Å². The molecule has 0 radical (unpaired) electrons. The molecule has 2 rings (SSSR count). The highest BCUT2D eigenvalue weighted by atomic mass is 35.5. The minimum absolute atomic E-state index is 0.0604. The Morgan fingerprint density at radius 1 is 1.37 bits per heavy atom. The molecule has 2 heterocycles. The van der Waals surface area contributed by atoms with Crippen LogP contribution in [0.4, 0.5) is 0 Å². The molecule has 1 saturated heterocycles. The molecule has 1 aliphatic heterocycles. The molecule has 0 bridgehead atoms. The Morgan fingerprint density at radius 3 is 2.56 bits per heavy atom. The van der Waals surface area contributed by atoms with Crippen molar-refractivity contribution in [2.75, 3.05) is 26.2 Å². The van der Waals surface area contributed by atoms with Crippen LogP contribution in [0.15, 0.2) is 12.1 Å². The molecule has 1 aromatic rings. The maximum absolute atomic E-state index is 12.8. The van der Waals surface area contributed by atoms with E-state index in [1.807, 2.05) is 0 Å². The number of thiophene rings is 1. The summed E-state index contributed by atoms with van der Waals surface area (Å²) >= 11 is 6.96. The molecule has 1 amide bonds. The molecule has 1 unspecified atom stereocenters. The highest BCUT2D eigenvalue weighted by molar-refractivity contribution is 7.90. The lowest BCUT2D eigenvalue weighted by Gasteiger charge is -2.35. The van der Waals surface area contributed by atoms with Crippen LogP contribution >= 0.6 is 22.9 Å². The number of hydrogen-bond donors (Lipinski definition) is 3. The summed E-state index contributed by atoms with van der Waals surface area (Å²) in [4.78, 5) is 14.9. The number of nitrogens with one attached hydrogen (secondary N) is 2. The van der Waals surface area contributed by atoms with E-state index >= 15 is 0 Å². The number of hydrogen-bond acceptors (Lipinski definition) is 6. The number of aliphatic hydroxyl groups is 1. The van der Waals surface area contributed by atoms with Gasteiger partial charge >= 0.3 is 0 Å². The van der Waals surface area contributed by atoms with Crippen LogP contribution in [0.5, 0.6) is 0 Å². The molecule has 1 fully saturated rings. The van der Waals surface area contributed by atoms with Crippen molar-refractivity contribution in [3.63, 3.8) is 0 Å². The van der Waals surface area contributed by atoms with Crippen molar-refractivity contribution in [1.82, 2.24) is 14.9 Å². The number of rotatable bonds is 9. The van der Waals surface area contributed by atoms with Crippen LogP contribution in [0.3, 0.4) is 0 Å². The van der Waals surface area contributed by atoms with Gasteiger partial charge in [-0.05, 0) is 58.3 Å². The van der Waals surface area contributed by atoms with Gasteiger partial charge in [0.2, 0.25) is 10.0 Å². The second-order valence-corrected chi connectivity index (χ2v) is 10.7. The van der Waals surface area contributed by atoms with Crippen molar-refractivity contribution in [3.05, 3.63) is 21.3 Å². The van der Waals surface area contributed by atoms with Crippen LogP contribution in [0.1, 0.15) is 42.8 Å². The zero-order valence-electron chi connectivity index (χ0n) is 15.7. The summed E-state index contributed by atoms with van der Waals surface area (Å²) in [7, 11) is -3.66. The third-order valence-electron chi connectivity index (χ3n) is 4.77. The largest absolute Gasteiger partial charge is 0.396 e. The Labute approximate surface area is 170 Å².